The normalized spacial score (nSPS) is 11.6. The largest absolute Gasteiger partial charge is 0.508 e. The topological polar surface area (TPSA) is 176 Å². The zero-order valence-corrected chi connectivity index (χ0v) is 20.0. The Bertz CT molecular complexity index is 1470. The molecule has 0 aromatic heterocycles. The number of aromatic hydroxyl groups is 1. The minimum Gasteiger partial charge on any atom is -0.508 e. The molecule has 0 atom stereocenters. The van der Waals surface area contributed by atoms with E-state index in [0.717, 1.165) is 6.08 Å². The predicted octanol–water partition coefficient (Wildman–Crippen LogP) is 2.48. The Morgan fingerprint density at radius 2 is 1.67 bits per heavy atom. The van der Waals surface area contributed by atoms with Crippen LogP contribution in [0, 0.1) is 0 Å². The molecule has 0 bridgehead atoms. The smallest absolute Gasteiger partial charge is 0.352 e. The van der Waals surface area contributed by atoms with Crippen molar-refractivity contribution in [1.29, 1.82) is 0 Å². The maximum absolute atomic E-state index is 12.7. The Balaban J connectivity index is 1.72. The first-order valence-electron chi connectivity index (χ1n) is 10.2. The number of phenolic OH excluding ortho intramolecular Hbond substituents is 1. The van der Waals surface area contributed by atoms with E-state index in [9.17, 15) is 33.0 Å². The quantitative estimate of drug-likeness (QED) is 0.278. The van der Waals surface area contributed by atoms with Crippen LogP contribution in [0.3, 0.4) is 0 Å². The summed E-state index contributed by atoms with van der Waals surface area (Å²) >= 11 is 6.18. The number of hydrogen-bond donors (Lipinski definition) is 5. The molecule has 6 N–H and O–H groups in total. The summed E-state index contributed by atoms with van der Waals surface area (Å²) < 4.78 is 22.7. The van der Waals surface area contributed by atoms with Gasteiger partial charge in [-0.2, -0.15) is 0 Å². The molecule has 0 saturated heterocycles. The molecule has 186 valence electrons. The van der Waals surface area contributed by atoms with Gasteiger partial charge in [-0.3, -0.25) is 9.59 Å². The number of primary sulfonamides is 1. The molecule has 0 fully saturated rings. The number of amides is 2. The molecular formula is C24H20ClN3O7S. The first-order valence-corrected chi connectivity index (χ1v) is 12.1. The van der Waals surface area contributed by atoms with Crippen LogP contribution in [0.2, 0.25) is 5.02 Å². The number of aliphatic carboxylic acids is 1. The SMILES string of the molecule is NS(=O)(=O)c1ccc(C=C(NC(=O)c2ccc(C(=O)NCc3cccc(O)c3)cc2Cl)C(=O)O)cc1. The maximum atomic E-state index is 12.7. The third-order valence-electron chi connectivity index (χ3n) is 4.84. The van der Waals surface area contributed by atoms with Gasteiger partial charge in [0.15, 0.2) is 0 Å². The fraction of sp³-hybridized carbons (Fsp3) is 0.0417. The van der Waals surface area contributed by atoms with Crippen molar-refractivity contribution in [2.75, 3.05) is 0 Å². The summed E-state index contributed by atoms with van der Waals surface area (Å²) in [5, 5.41) is 28.8. The van der Waals surface area contributed by atoms with Gasteiger partial charge >= 0.3 is 5.97 Å². The van der Waals surface area contributed by atoms with Gasteiger partial charge in [-0.05, 0) is 59.7 Å². The van der Waals surface area contributed by atoms with Crippen LogP contribution in [-0.4, -0.2) is 36.4 Å². The average Bonchev–Trinajstić information content (AvgIpc) is 2.81. The summed E-state index contributed by atoms with van der Waals surface area (Å²) in [6.07, 6.45) is 1.13. The number of hydrogen-bond acceptors (Lipinski definition) is 6. The van der Waals surface area contributed by atoms with E-state index >= 15 is 0 Å². The highest BCUT2D eigenvalue weighted by Crippen LogP contribution is 2.19. The lowest BCUT2D eigenvalue weighted by molar-refractivity contribution is -0.132. The zero-order chi connectivity index (χ0) is 26.5. The number of nitrogens with one attached hydrogen (secondary N) is 2. The number of rotatable bonds is 8. The number of nitrogens with two attached hydrogens (primary N) is 1. The van der Waals surface area contributed by atoms with E-state index in [1.807, 2.05) is 0 Å². The van der Waals surface area contributed by atoms with Gasteiger partial charge in [0.2, 0.25) is 10.0 Å². The highest BCUT2D eigenvalue weighted by molar-refractivity contribution is 7.89. The summed E-state index contributed by atoms with van der Waals surface area (Å²) in [6.45, 7) is 0.151. The van der Waals surface area contributed by atoms with Crippen molar-refractivity contribution in [3.05, 3.63) is 99.7 Å². The highest BCUT2D eigenvalue weighted by Gasteiger charge is 2.18. The Labute approximate surface area is 211 Å². The van der Waals surface area contributed by atoms with Crippen LogP contribution in [0.25, 0.3) is 6.08 Å². The molecule has 0 aliphatic rings. The van der Waals surface area contributed by atoms with Crippen LogP contribution < -0.4 is 15.8 Å². The third-order valence-corrected chi connectivity index (χ3v) is 6.08. The molecule has 3 rings (SSSR count). The van der Waals surface area contributed by atoms with E-state index in [-0.39, 0.29) is 33.3 Å². The van der Waals surface area contributed by atoms with Gasteiger partial charge in [-0.15, -0.1) is 0 Å². The van der Waals surface area contributed by atoms with Gasteiger partial charge in [-0.1, -0.05) is 35.9 Å². The van der Waals surface area contributed by atoms with E-state index in [1.54, 1.807) is 12.1 Å². The van der Waals surface area contributed by atoms with Gasteiger partial charge in [0, 0.05) is 12.1 Å². The van der Waals surface area contributed by atoms with E-state index in [4.69, 9.17) is 16.7 Å². The Hall–Kier alpha value is -4.19. The van der Waals surface area contributed by atoms with Crippen molar-refractivity contribution in [2.24, 2.45) is 5.14 Å². The molecule has 10 nitrogen and oxygen atoms in total. The third kappa shape index (κ3) is 6.92. The number of sulfonamides is 1. The van der Waals surface area contributed by atoms with Crippen LogP contribution in [0.15, 0.2) is 77.3 Å². The minimum atomic E-state index is -3.91. The second-order valence-electron chi connectivity index (χ2n) is 7.48. The summed E-state index contributed by atoms with van der Waals surface area (Å²) in [4.78, 5) is 36.6. The molecule has 0 spiro atoms. The molecule has 3 aromatic carbocycles. The summed E-state index contributed by atoms with van der Waals surface area (Å²) in [7, 11) is -3.91. The second kappa shape index (κ2) is 11.0. The van der Waals surface area contributed by atoms with Crippen molar-refractivity contribution in [3.8, 4) is 5.75 Å². The molecule has 12 heteroatoms. The van der Waals surface area contributed by atoms with E-state index in [1.165, 1.54) is 54.6 Å². The Morgan fingerprint density at radius 1 is 0.972 bits per heavy atom. The Morgan fingerprint density at radius 3 is 2.25 bits per heavy atom. The molecular weight excluding hydrogens is 510 g/mol. The second-order valence-corrected chi connectivity index (χ2v) is 9.45. The molecule has 0 heterocycles. The van der Waals surface area contributed by atoms with Crippen LogP contribution >= 0.6 is 11.6 Å². The number of halogens is 1. The van der Waals surface area contributed by atoms with Crippen LogP contribution in [0.5, 0.6) is 5.75 Å². The maximum Gasteiger partial charge on any atom is 0.352 e. The van der Waals surface area contributed by atoms with Crippen molar-refractivity contribution in [2.45, 2.75) is 11.4 Å². The minimum absolute atomic E-state index is 0.0652. The molecule has 2 amide bonds. The number of carbonyl (C=O) groups is 3. The van der Waals surface area contributed by atoms with E-state index < -0.39 is 33.5 Å². The number of benzene rings is 3. The lowest BCUT2D eigenvalue weighted by Crippen LogP contribution is -2.28. The van der Waals surface area contributed by atoms with Gasteiger partial charge in [0.1, 0.15) is 11.4 Å². The van der Waals surface area contributed by atoms with E-state index in [0.29, 0.717) is 11.1 Å². The van der Waals surface area contributed by atoms with Crippen molar-refractivity contribution >= 4 is 45.5 Å². The summed E-state index contributed by atoms with van der Waals surface area (Å²) in [5.41, 5.74) is 0.577. The molecule has 0 radical (unpaired) electrons. The fourth-order valence-electron chi connectivity index (χ4n) is 3.05. The monoisotopic (exact) mass is 529 g/mol. The molecule has 36 heavy (non-hydrogen) atoms. The van der Waals surface area contributed by atoms with Crippen molar-refractivity contribution in [3.63, 3.8) is 0 Å². The average molecular weight is 530 g/mol. The van der Waals surface area contributed by atoms with Crippen molar-refractivity contribution in [1.82, 2.24) is 10.6 Å². The number of phenols is 1. The molecule has 0 aliphatic heterocycles. The van der Waals surface area contributed by atoms with Gasteiger partial charge in [0.05, 0.1) is 15.5 Å². The molecule has 0 saturated carbocycles. The van der Waals surface area contributed by atoms with Gasteiger partial charge in [-0.25, -0.2) is 18.4 Å². The summed E-state index contributed by atoms with van der Waals surface area (Å²) in [5.74, 6) is -2.68. The first-order chi connectivity index (χ1) is 16.9. The predicted molar refractivity (Wildman–Crippen MR) is 132 cm³/mol. The van der Waals surface area contributed by atoms with Crippen LogP contribution in [-0.2, 0) is 21.4 Å². The number of carbonyl (C=O) groups excluding carboxylic acids is 2. The molecule has 3 aromatic rings. The standard InChI is InChI=1S/C24H20ClN3O7S/c25-20-12-16(22(30)27-13-15-2-1-3-17(29)10-15)6-9-19(20)23(31)28-21(24(32)33)11-14-4-7-18(8-5-14)36(26,34)35/h1-12,29H,13H2,(H,27,30)(H,28,31)(H,32,33)(H2,26,34,35). The van der Waals surface area contributed by atoms with Gasteiger partial charge in [0.25, 0.3) is 11.8 Å². The molecule has 0 aliphatic carbocycles. The highest BCUT2D eigenvalue weighted by atomic mass is 35.5. The lowest BCUT2D eigenvalue weighted by atomic mass is 10.1. The fourth-order valence-corrected chi connectivity index (χ4v) is 3.83. The van der Waals surface area contributed by atoms with Crippen LogP contribution in [0.1, 0.15) is 31.8 Å². The van der Waals surface area contributed by atoms with E-state index in [2.05, 4.69) is 10.6 Å². The lowest BCUT2D eigenvalue weighted by Gasteiger charge is -2.10. The number of carboxylic acids is 1. The van der Waals surface area contributed by atoms with Crippen LogP contribution in [0.4, 0.5) is 0 Å². The number of carboxylic acid groups (broad SMARTS) is 1. The Kier molecular flexibility index (Phi) is 8.10. The summed E-state index contributed by atoms with van der Waals surface area (Å²) in [6, 6.07) is 15.3. The zero-order valence-electron chi connectivity index (χ0n) is 18.4. The van der Waals surface area contributed by atoms with Crippen molar-refractivity contribution < 1.29 is 33.0 Å². The first kappa shape index (κ1) is 26.4. The molecule has 0 unspecified atom stereocenters. The van der Waals surface area contributed by atoms with Gasteiger partial charge < -0.3 is 20.8 Å².